The quantitative estimate of drug-likeness (QED) is 0.447. The molecular weight excluding hydrogens is 387 g/mol. The van der Waals surface area contributed by atoms with Gasteiger partial charge in [-0.05, 0) is 64.4 Å². The largest absolute Gasteiger partial charge is 0.465 e. The van der Waals surface area contributed by atoms with Crippen LogP contribution in [0.1, 0.15) is 52.0 Å². The van der Waals surface area contributed by atoms with Crippen LogP contribution in [0.25, 0.3) is 0 Å². The fourth-order valence-electron chi connectivity index (χ4n) is 4.00. The number of benzene rings is 1. The maximum Gasteiger partial charge on any atom is 0.323 e. The highest BCUT2D eigenvalue weighted by atomic mass is 31.2. The van der Waals surface area contributed by atoms with Gasteiger partial charge in [-0.15, -0.1) is 0 Å². The summed E-state index contributed by atoms with van der Waals surface area (Å²) in [6, 6.07) is 8.00. The van der Waals surface area contributed by atoms with E-state index in [9.17, 15) is 4.79 Å². The number of carbonyl (C=O) groups excluding carboxylic acids is 1. The predicted octanol–water partition coefficient (Wildman–Crippen LogP) is 4.29. The van der Waals surface area contributed by atoms with Crippen molar-refractivity contribution in [3.8, 4) is 5.75 Å². The number of likely N-dealkylation sites (N-methyl/N-ethyl adjacent to an activating group) is 1. The Kier molecular flexibility index (Phi) is 9.84. The number of rotatable bonds is 10. The van der Waals surface area contributed by atoms with Crippen molar-refractivity contribution in [1.82, 2.24) is 9.99 Å². The number of methoxy groups -OCH3 is 1. The molecule has 0 saturated carbocycles. The summed E-state index contributed by atoms with van der Waals surface area (Å²) in [6.45, 7) is 8.47. The molecule has 0 amide bonds. The first kappa shape index (κ1) is 24.1. The van der Waals surface area contributed by atoms with E-state index in [-0.39, 0.29) is 11.4 Å². The number of hydrogen-bond acceptors (Lipinski definition) is 6. The lowest BCUT2D eigenvalue weighted by molar-refractivity contribution is -0.144. The van der Waals surface area contributed by atoms with E-state index >= 15 is 0 Å². The van der Waals surface area contributed by atoms with Crippen LogP contribution in [0.5, 0.6) is 5.75 Å². The minimum atomic E-state index is -1.17. The summed E-state index contributed by atoms with van der Waals surface area (Å²) in [7, 11) is 2.69. The Labute approximate surface area is 177 Å². The van der Waals surface area contributed by atoms with Gasteiger partial charge in [0, 0.05) is 19.1 Å². The van der Waals surface area contributed by atoms with Crippen LogP contribution in [0.3, 0.4) is 0 Å². The zero-order valence-corrected chi connectivity index (χ0v) is 19.5. The average Bonchev–Trinajstić information content (AvgIpc) is 2.90. The number of ether oxygens (including phenoxy) is 2. The summed E-state index contributed by atoms with van der Waals surface area (Å²) in [6.07, 6.45) is 5.19. The third kappa shape index (κ3) is 6.92. The summed E-state index contributed by atoms with van der Waals surface area (Å²) >= 11 is 0. The highest BCUT2D eigenvalue weighted by Gasteiger charge is 2.33. The SMILES string of the molecule is CCOC(=O)C(C)NP(COC)Oc1cccc(C2(CC)CCCCN(C)C2)c1. The van der Waals surface area contributed by atoms with Crippen molar-refractivity contribution < 1.29 is 18.8 Å². The number of esters is 1. The maximum absolute atomic E-state index is 12.0. The Morgan fingerprint density at radius 1 is 1.34 bits per heavy atom. The molecule has 0 aliphatic carbocycles. The Bertz CT molecular complexity index is 645. The molecule has 1 fully saturated rings. The van der Waals surface area contributed by atoms with Gasteiger partial charge < -0.3 is 18.9 Å². The van der Waals surface area contributed by atoms with E-state index in [1.165, 1.54) is 24.8 Å². The Morgan fingerprint density at radius 2 is 2.14 bits per heavy atom. The molecule has 1 aliphatic rings. The van der Waals surface area contributed by atoms with Crippen molar-refractivity contribution >= 4 is 14.3 Å². The number of nitrogens with one attached hydrogen (secondary N) is 1. The lowest BCUT2D eigenvalue weighted by Gasteiger charge is -2.35. The lowest BCUT2D eigenvalue weighted by Crippen LogP contribution is -2.37. The van der Waals surface area contributed by atoms with Crippen LogP contribution in [0.4, 0.5) is 0 Å². The fraction of sp³-hybridized carbons (Fsp3) is 0.682. The third-order valence-corrected chi connectivity index (χ3v) is 7.18. The minimum Gasteiger partial charge on any atom is -0.465 e. The van der Waals surface area contributed by atoms with Crippen molar-refractivity contribution in [3.63, 3.8) is 0 Å². The number of carbonyl (C=O) groups is 1. The second kappa shape index (κ2) is 11.8. The molecular formula is C22H37N2O4P. The third-order valence-electron chi connectivity index (χ3n) is 5.58. The topological polar surface area (TPSA) is 60.0 Å². The lowest BCUT2D eigenvalue weighted by atomic mass is 9.74. The van der Waals surface area contributed by atoms with Gasteiger partial charge in [-0.3, -0.25) is 4.79 Å². The summed E-state index contributed by atoms with van der Waals surface area (Å²) in [5.41, 5.74) is 1.48. The second-order valence-electron chi connectivity index (χ2n) is 7.85. The number of hydrogen-bond donors (Lipinski definition) is 1. The number of likely N-dealkylation sites (tertiary alicyclic amines) is 1. The van der Waals surface area contributed by atoms with Crippen molar-refractivity contribution in [2.45, 2.75) is 57.9 Å². The number of nitrogens with zero attached hydrogens (tertiary/aromatic N) is 1. The minimum absolute atomic E-state index is 0.153. The van der Waals surface area contributed by atoms with E-state index < -0.39 is 14.3 Å². The van der Waals surface area contributed by atoms with Gasteiger partial charge in [-0.25, -0.2) is 5.09 Å². The molecule has 29 heavy (non-hydrogen) atoms. The molecule has 1 aromatic carbocycles. The molecule has 7 heteroatoms. The van der Waals surface area contributed by atoms with Gasteiger partial charge in [0.05, 0.1) is 6.61 Å². The molecule has 6 nitrogen and oxygen atoms in total. The van der Waals surface area contributed by atoms with E-state index in [1.807, 2.05) is 6.07 Å². The van der Waals surface area contributed by atoms with Crippen LogP contribution in [-0.2, 0) is 19.7 Å². The summed E-state index contributed by atoms with van der Waals surface area (Å²) in [5, 5.41) is 3.23. The van der Waals surface area contributed by atoms with Crippen molar-refractivity contribution in [2.24, 2.45) is 0 Å². The average molecular weight is 425 g/mol. The smallest absolute Gasteiger partial charge is 0.323 e. The van der Waals surface area contributed by atoms with Gasteiger partial charge in [0.25, 0.3) is 0 Å². The van der Waals surface area contributed by atoms with E-state index in [1.54, 1.807) is 21.0 Å². The van der Waals surface area contributed by atoms with Crippen LogP contribution in [0.2, 0.25) is 0 Å². The van der Waals surface area contributed by atoms with Crippen LogP contribution < -0.4 is 9.61 Å². The molecule has 0 aromatic heterocycles. The zero-order valence-electron chi connectivity index (χ0n) is 18.6. The summed E-state index contributed by atoms with van der Waals surface area (Å²) in [4.78, 5) is 14.4. The molecule has 0 spiro atoms. The molecule has 0 bridgehead atoms. The van der Waals surface area contributed by atoms with Crippen LogP contribution in [0.15, 0.2) is 24.3 Å². The summed E-state index contributed by atoms with van der Waals surface area (Å²) < 4.78 is 16.6. The molecule has 3 unspecified atom stereocenters. The van der Waals surface area contributed by atoms with Gasteiger partial charge in [-0.1, -0.05) is 25.5 Å². The van der Waals surface area contributed by atoms with Crippen LogP contribution in [-0.4, -0.2) is 57.1 Å². The normalized spacial score (nSPS) is 22.5. The monoisotopic (exact) mass is 424 g/mol. The Morgan fingerprint density at radius 3 is 2.83 bits per heavy atom. The van der Waals surface area contributed by atoms with Gasteiger partial charge in [0.15, 0.2) is 8.30 Å². The highest BCUT2D eigenvalue weighted by molar-refractivity contribution is 7.50. The first-order chi connectivity index (χ1) is 13.9. The van der Waals surface area contributed by atoms with E-state index in [0.717, 1.165) is 25.3 Å². The Hall–Kier alpha value is -1.20. The second-order valence-corrected chi connectivity index (χ2v) is 9.30. The molecule has 3 atom stereocenters. The first-order valence-corrected chi connectivity index (χ1v) is 12.0. The van der Waals surface area contributed by atoms with Crippen molar-refractivity contribution in [3.05, 3.63) is 29.8 Å². The molecule has 1 aromatic rings. The fourth-order valence-corrected chi connectivity index (χ4v) is 5.32. The molecule has 1 aliphatic heterocycles. The standard InChI is InChI=1S/C22H37N2O4P/c1-6-22(13-8-9-14-24(4)16-22)19-11-10-12-20(15-19)28-29(17-26-5)23-18(3)21(25)27-7-2/h10-12,15,18,23H,6-9,13-14,16-17H2,1-5H3. The first-order valence-electron chi connectivity index (χ1n) is 10.6. The van der Waals surface area contributed by atoms with Gasteiger partial charge >= 0.3 is 5.97 Å². The van der Waals surface area contributed by atoms with E-state index in [2.05, 4.69) is 42.2 Å². The van der Waals surface area contributed by atoms with E-state index in [4.69, 9.17) is 14.0 Å². The zero-order chi connectivity index (χ0) is 21.3. The molecule has 0 radical (unpaired) electrons. The maximum atomic E-state index is 12.0. The van der Waals surface area contributed by atoms with Crippen LogP contribution >= 0.6 is 8.30 Å². The molecule has 1 N–H and O–H groups in total. The molecule has 1 saturated heterocycles. The summed E-state index contributed by atoms with van der Waals surface area (Å²) in [5.74, 6) is 0.536. The Balaban J connectivity index is 2.16. The molecule has 164 valence electrons. The van der Waals surface area contributed by atoms with Crippen LogP contribution in [0, 0.1) is 0 Å². The van der Waals surface area contributed by atoms with Gasteiger partial charge in [0.1, 0.15) is 18.1 Å². The van der Waals surface area contributed by atoms with Crippen molar-refractivity contribution in [1.29, 1.82) is 0 Å². The van der Waals surface area contributed by atoms with Gasteiger partial charge in [-0.2, -0.15) is 0 Å². The highest BCUT2D eigenvalue weighted by Crippen LogP contribution is 2.40. The molecule has 2 rings (SSSR count). The molecule has 1 heterocycles. The van der Waals surface area contributed by atoms with E-state index in [0.29, 0.717) is 13.0 Å². The van der Waals surface area contributed by atoms with Crippen molar-refractivity contribution in [2.75, 3.05) is 40.2 Å². The predicted molar refractivity (Wildman–Crippen MR) is 118 cm³/mol. The van der Waals surface area contributed by atoms with Gasteiger partial charge in [0.2, 0.25) is 0 Å².